The van der Waals surface area contributed by atoms with E-state index in [4.69, 9.17) is 21.3 Å². The van der Waals surface area contributed by atoms with E-state index in [0.717, 1.165) is 46.6 Å². The zero-order chi connectivity index (χ0) is 23.2. The lowest BCUT2D eigenvalue weighted by atomic mass is 9.83. The van der Waals surface area contributed by atoms with Crippen LogP contribution in [0.5, 0.6) is 5.75 Å². The predicted octanol–water partition coefficient (Wildman–Crippen LogP) is 4.98. The third-order valence-corrected chi connectivity index (χ3v) is 7.83. The van der Waals surface area contributed by atoms with E-state index < -0.39 is 0 Å². The van der Waals surface area contributed by atoms with Gasteiger partial charge in [0.05, 0.1) is 23.4 Å². The topological polar surface area (TPSA) is 43.6 Å². The number of allylic oxidation sites excluding steroid dienone is 1. The minimum atomic E-state index is -0.274. The summed E-state index contributed by atoms with van der Waals surface area (Å²) in [5.41, 5.74) is 6.29. The van der Waals surface area contributed by atoms with Gasteiger partial charge in [-0.05, 0) is 47.8 Å². The molecule has 1 aromatic heterocycles. The Bertz CT molecular complexity index is 1650. The SMILES string of the molecule is COc1ccccc1[C@@H]1C2=C(N=c3s/c(=C\c4ccccc4Cl)c(=O)n31)c1ccccc1CC2. The Morgan fingerprint density at radius 1 is 1.03 bits per heavy atom. The normalized spacial score (nSPS) is 17.0. The molecule has 0 N–H and O–H groups in total. The first-order valence-electron chi connectivity index (χ1n) is 11.2. The van der Waals surface area contributed by atoms with Crippen LogP contribution < -0.4 is 19.6 Å². The number of nitrogens with zero attached hydrogens (tertiary/aromatic N) is 2. The number of rotatable bonds is 3. The minimum Gasteiger partial charge on any atom is -0.496 e. The van der Waals surface area contributed by atoms with Crippen molar-refractivity contribution in [3.05, 3.63) is 125 Å². The van der Waals surface area contributed by atoms with E-state index in [-0.39, 0.29) is 11.6 Å². The molecule has 2 aliphatic rings. The van der Waals surface area contributed by atoms with Gasteiger partial charge < -0.3 is 4.74 Å². The Morgan fingerprint density at radius 3 is 2.65 bits per heavy atom. The fourth-order valence-electron chi connectivity index (χ4n) is 4.92. The lowest BCUT2D eigenvalue weighted by molar-refractivity contribution is 0.402. The Kier molecular flexibility index (Phi) is 5.24. The number of aromatic nitrogens is 1. The molecule has 1 aliphatic carbocycles. The first-order valence-corrected chi connectivity index (χ1v) is 12.4. The summed E-state index contributed by atoms with van der Waals surface area (Å²) in [5, 5.41) is 0.614. The maximum absolute atomic E-state index is 13.8. The van der Waals surface area contributed by atoms with Crippen molar-refractivity contribution in [3.63, 3.8) is 0 Å². The van der Waals surface area contributed by atoms with Crippen molar-refractivity contribution in [1.29, 1.82) is 0 Å². The van der Waals surface area contributed by atoms with E-state index in [1.165, 1.54) is 16.9 Å². The minimum absolute atomic E-state index is 0.0648. The van der Waals surface area contributed by atoms with Crippen LogP contribution in [0.1, 0.15) is 34.7 Å². The van der Waals surface area contributed by atoms with Gasteiger partial charge in [-0.25, -0.2) is 4.99 Å². The average Bonchev–Trinajstić information content (AvgIpc) is 3.18. The standard InChI is InChI=1S/C28H21ClN2O2S/c1-33-23-13-7-5-11-20(23)26-21-15-14-17-8-2-4-10-19(17)25(21)30-28-31(26)27(32)24(34-28)16-18-9-3-6-12-22(18)29/h2-13,16,26H,14-15H2,1H3/b24-16-/t26-/m1/s1. The molecule has 0 saturated carbocycles. The molecule has 4 aromatic rings. The summed E-state index contributed by atoms with van der Waals surface area (Å²) < 4.78 is 8.17. The van der Waals surface area contributed by atoms with E-state index in [0.29, 0.717) is 14.4 Å². The van der Waals surface area contributed by atoms with Gasteiger partial charge in [-0.1, -0.05) is 83.6 Å². The zero-order valence-electron chi connectivity index (χ0n) is 18.5. The molecule has 0 fully saturated rings. The second-order valence-corrected chi connectivity index (χ2v) is 9.79. The number of fused-ring (bicyclic) bond motifs is 3. The monoisotopic (exact) mass is 484 g/mol. The quantitative estimate of drug-likeness (QED) is 0.411. The van der Waals surface area contributed by atoms with Gasteiger partial charge in [0, 0.05) is 16.1 Å². The number of para-hydroxylation sites is 1. The molecule has 1 aliphatic heterocycles. The highest BCUT2D eigenvalue weighted by atomic mass is 35.5. The molecule has 0 unspecified atom stereocenters. The van der Waals surface area contributed by atoms with Crippen LogP contribution >= 0.6 is 22.9 Å². The highest BCUT2D eigenvalue weighted by Crippen LogP contribution is 2.43. The number of thiazole rings is 1. The summed E-state index contributed by atoms with van der Waals surface area (Å²) in [5.74, 6) is 0.765. The first kappa shape index (κ1) is 21.1. The molecule has 6 heteroatoms. The molecule has 4 nitrogen and oxygen atoms in total. The van der Waals surface area contributed by atoms with Crippen LogP contribution in [0, 0.1) is 0 Å². The Morgan fingerprint density at radius 2 is 1.79 bits per heavy atom. The molecule has 0 spiro atoms. The molecule has 2 heterocycles. The van der Waals surface area contributed by atoms with Crippen LogP contribution in [0.25, 0.3) is 11.8 Å². The van der Waals surface area contributed by atoms with Crippen LogP contribution in [0.2, 0.25) is 5.02 Å². The number of hydrogen-bond acceptors (Lipinski definition) is 4. The number of halogens is 1. The van der Waals surface area contributed by atoms with Crippen LogP contribution in [-0.4, -0.2) is 11.7 Å². The molecular formula is C28H21ClN2O2S. The Labute approximate surface area is 205 Å². The summed E-state index contributed by atoms with van der Waals surface area (Å²) in [6.45, 7) is 0. The van der Waals surface area contributed by atoms with Gasteiger partial charge in [0.1, 0.15) is 5.75 Å². The third kappa shape index (κ3) is 3.35. The van der Waals surface area contributed by atoms with Crippen LogP contribution in [0.3, 0.4) is 0 Å². The van der Waals surface area contributed by atoms with Crippen molar-refractivity contribution in [1.82, 2.24) is 4.57 Å². The van der Waals surface area contributed by atoms with Crippen molar-refractivity contribution < 1.29 is 4.74 Å². The summed E-state index contributed by atoms with van der Waals surface area (Å²) in [6, 6.07) is 23.6. The van der Waals surface area contributed by atoms with Crippen LogP contribution in [0.4, 0.5) is 0 Å². The summed E-state index contributed by atoms with van der Waals surface area (Å²) in [6.07, 6.45) is 3.62. The third-order valence-electron chi connectivity index (χ3n) is 6.50. The Hall–Kier alpha value is -3.41. The summed E-state index contributed by atoms with van der Waals surface area (Å²) >= 11 is 7.79. The van der Waals surface area contributed by atoms with E-state index in [1.54, 1.807) is 7.11 Å². The number of benzene rings is 3. The van der Waals surface area contributed by atoms with Crippen LogP contribution in [-0.2, 0) is 6.42 Å². The van der Waals surface area contributed by atoms with Gasteiger partial charge in [0.15, 0.2) is 4.80 Å². The molecule has 0 amide bonds. The van der Waals surface area contributed by atoms with E-state index in [2.05, 4.69) is 24.3 Å². The lowest BCUT2D eigenvalue weighted by Gasteiger charge is -2.31. The largest absolute Gasteiger partial charge is 0.496 e. The van der Waals surface area contributed by atoms with Gasteiger partial charge in [-0.3, -0.25) is 9.36 Å². The lowest BCUT2D eigenvalue weighted by Crippen LogP contribution is -2.39. The van der Waals surface area contributed by atoms with Gasteiger partial charge in [0.25, 0.3) is 5.56 Å². The molecule has 1 atom stereocenters. The fourth-order valence-corrected chi connectivity index (χ4v) is 6.11. The molecule has 0 saturated heterocycles. The summed E-state index contributed by atoms with van der Waals surface area (Å²) in [7, 11) is 1.67. The molecule has 0 radical (unpaired) electrons. The summed E-state index contributed by atoms with van der Waals surface area (Å²) in [4.78, 5) is 19.6. The highest BCUT2D eigenvalue weighted by Gasteiger charge is 2.33. The van der Waals surface area contributed by atoms with Crippen molar-refractivity contribution >= 4 is 34.7 Å². The first-order chi connectivity index (χ1) is 16.7. The number of aryl methyl sites for hydroxylation is 1. The number of methoxy groups -OCH3 is 1. The molecule has 6 rings (SSSR count). The predicted molar refractivity (Wildman–Crippen MR) is 137 cm³/mol. The zero-order valence-corrected chi connectivity index (χ0v) is 20.1. The van der Waals surface area contributed by atoms with Crippen molar-refractivity contribution in [3.8, 4) is 5.75 Å². The second-order valence-electron chi connectivity index (χ2n) is 8.38. The smallest absolute Gasteiger partial charge is 0.271 e. The number of ether oxygens (including phenoxy) is 1. The molecule has 3 aromatic carbocycles. The average molecular weight is 485 g/mol. The van der Waals surface area contributed by atoms with Gasteiger partial charge in [0.2, 0.25) is 0 Å². The highest BCUT2D eigenvalue weighted by molar-refractivity contribution is 7.07. The van der Waals surface area contributed by atoms with E-state index >= 15 is 0 Å². The van der Waals surface area contributed by atoms with Crippen molar-refractivity contribution in [2.75, 3.05) is 7.11 Å². The molecule has 0 bridgehead atoms. The Balaban J connectivity index is 1.66. The molecule has 34 heavy (non-hydrogen) atoms. The van der Waals surface area contributed by atoms with E-state index in [1.807, 2.05) is 59.2 Å². The van der Waals surface area contributed by atoms with Gasteiger partial charge >= 0.3 is 0 Å². The number of hydrogen-bond donors (Lipinski definition) is 0. The second kappa shape index (κ2) is 8.42. The molecule has 168 valence electrons. The van der Waals surface area contributed by atoms with Crippen LogP contribution in [0.15, 0.2) is 88.2 Å². The van der Waals surface area contributed by atoms with Crippen molar-refractivity contribution in [2.24, 2.45) is 4.99 Å². The fraction of sp³-hybridized carbons (Fsp3) is 0.143. The van der Waals surface area contributed by atoms with E-state index in [9.17, 15) is 4.79 Å². The maximum Gasteiger partial charge on any atom is 0.271 e. The maximum atomic E-state index is 13.8. The molecular weight excluding hydrogens is 464 g/mol. The van der Waals surface area contributed by atoms with Gasteiger partial charge in [-0.15, -0.1) is 0 Å². The van der Waals surface area contributed by atoms with Crippen molar-refractivity contribution in [2.45, 2.75) is 18.9 Å². The van der Waals surface area contributed by atoms with Gasteiger partial charge in [-0.2, -0.15) is 0 Å².